The van der Waals surface area contributed by atoms with Crippen molar-refractivity contribution in [2.75, 3.05) is 23.9 Å². The van der Waals surface area contributed by atoms with Crippen LogP contribution in [0.5, 0.6) is 0 Å². The maximum absolute atomic E-state index is 13.7. The van der Waals surface area contributed by atoms with Crippen LogP contribution < -0.4 is 9.80 Å². The van der Waals surface area contributed by atoms with Gasteiger partial charge in [0.05, 0.1) is 11.6 Å². The Bertz CT molecular complexity index is 1890. The van der Waals surface area contributed by atoms with E-state index in [4.69, 9.17) is 0 Å². The quantitative estimate of drug-likeness (QED) is 0.0684. The van der Waals surface area contributed by atoms with Crippen LogP contribution in [-0.4, -0.2) is 41.1 Å². The number of benzene rings is 4. The van der Waals surface area contributed by atoms with E-state index in [1.807, 2.05) is 93.5 Å². The molecule has 43 heavy (non-hydrogen) atoms. The molecule has 9 heteroatoms. The first kappa shape index (κ1) is 28.6. The maximum Gasteiger partial charge on any atom is 0.301 e. The number of carbonyl (C=O) groups is 2. The van der Waals surface area contributed by atoms with Crippen LogP contribution in [0.4, 0.5) is 10.8 Å². The first-order valence-electron chi connectivity index (χ1n) is 13.8. The Hall–Kier alpha value is -4.47. The average molecular weight is 607 g/mol. The Morgan fingerprint density at radius 2 is 1.70 bits per heavy atom. The molecule has 2 heterocycles. The lowest BCUT2D eigenvalue weighted by atomic mass is 9.93. The number of amides is 1. The van der Waals surface area contributed by atoms with Gasteiger partial charge in [0.25, 0.3) is 5.78 Å². The number of aliphatic hydroxyl groups is 1. The van der Waals surface area contributed by atoms with E-state index in [9.17, 15) is 14.7 Å². The van der Waals surface area contributed by atoms with Crippen molar-refractivity contribution < 1.29 is 14.7 Å². The molecule has 216 valence electrons. The molecule has 1 saturated heterocycles. The lowest BCUT2D eigenvalue weighted by Crippen LogP contribution is -2.29. The summed E-state index contributed by atoms with van der Waals surface area (Å²) in [7, 11) is 3.89. The molecule has 0 saturated carbocycles. The summed E-state index contributed by atoms with van der Waals surface area (Å²) in [5.41, 5.74) is 5.14. The van der Waals surface area contributed by atoms with E-state index in [0.29, 0.717) is 26.4 Å². The van der Waals surface area contributed by atoms with Crippen molar-refractivity contribution in [2.24, 2.45) is 0 Å². The van der Waals surface area contributed by atoms with Crippen molar-refractivity contribution in [3.05, 3.63) is 118 Å². The topological polar surface area (TPSA) is 86.6 Å². The molecule has 1 atom stereocenters. The number of hydrogen-bond acceptors (Lipinski definition) is 8. The number of Topliss-reactive ketones (excluding diaryl/α,β-unsaturated/α-hetero) is 1. The van der Waals surface area contributed by atoms with Crippen molar-refractivity contribution in [2.45, 2.75) is 30.0 Å². The third kappa shape index (κ3) is 5.42. The highest BCUT2D eigenvalue weighted by molar-refractivity contribution is 8.00. The van der Waals surface area contributed by atoms with Gasteiger partial charge in [-0.1, -0.05) is 95.4 Å². The molecule has 5 aromatic rings. The number of aryl methyl sites for hydroxylation is 2. The van der Waals surface area contributed by atoms with Gasteiger partial charge in [0.15, 0.2) is 4.34 Å². The molecule has 1 N–H and O–H groups in total. The molecule has 0 aliphatic carbocycles. The summed E-state index contributed by atoms with van der Waals surface area (Å²) in [4.78, 5) is 30.6. The second-order valence-electron chi connectivity index (χ2n) is 10.8. The van der Waals surface area contributed by atoms with Crippen molar-refractivity contribution in [1.82, 2.24) is 10.2 Å². The zero-order chi connectivity index (χ0) is 30.2. The van der Waals surface area contributed by atoms with Crippen LogP contribution in [0.15, 0.2) is 94.8 Å². The number of rotatable bonds is 7. The van der Waals surface area contributed by atoms with Gasteiger partial charge in [-0.15, -0.1) is 10.2 Å². The summed E-state index contributed by atoms with van der Waals surface area (Å²) in [6.07, 6.45) is 0. The summed E-state index contributed by atoms with van der Waals surface area (Å²) < 4.78 is 0.682. The van der Waals surface area contributed by atoms with E-state index in [1.54, 1.807) is 0 Å². The molecule has 7 nitrogen and oxygen atoms in total. The number of nitrogens with zero attached hydrogens (tertiary/aromatic N) is 4. The molecule has 1 unspecified atom stereocenters. The van der Waals surface area contributed by atoms with Gasteiger partial charge in [0, 0.05) is 31.1 Å². The van der Waals surface area contributed by atoms with Crippen molar-refractivity contribution in [3.63, 3.8) is 0 Å². The zero-order valence-corrected chi connectivity index (χ0v) is 25.9. The smallest absolute Gasteiger partial charge is 0.301 e. The lowest BCUT2D eigenvalue weighted by Gasteiger charge is -2.23. The van der Waals surface area contributed by atoms with Gasteiger partial charge < -0.3 is 10.0 Å². The van der Waals surface area contributed by atoms with Crippen LogP contribution in [0.1, 0.15) is 33.9 Å². The van der Waals surface area contributed by atoms with Crippen LogP contribution in [0.3, 0.4) is 0 Å². The number of carbonyl (C=O) groups excluding carboxylic acids is 2. The Labute approximate surface area is 258 Å². The summed E-state index contributed by atoms with van der Waals surface area (Å²) >= 11 is 2.80. The van der Waals surface area contributed by atoms with E-state index < -0.39 is 17.7 Å². The van der Waals surface area contributed by atoms with Crippen molar-refractivity contribution >= 4 is 62.1 Å². The standard InChI is InChI=1S/C34H30N4O3S2/c1-20-12-13-21(2)27(18-20)30(39)28-29(23-14-16-25(17-15-23)37(3)4)38(32(41)31(28)40)33-35-36-34(43-33)42-19-24-10-7-9-22-8-5-6-11-26(22)24/h5-18,29,39H,19H2,1-4H3/b30-28+. The number of anilines is 2. The Morgan fingerprint density at radius 1 is 0.953 bits per heavy atom. The van der Waals surface area contributed by atoms with E-state index in [1.165, 1.54) is 44.3 Å². The highest BCUT2D eigenvalue weighted by Gasteiger charge is 2.48. The first-order chi connectivity index (χ1) is 20.7. The number of thioether (sulfide) groups is 1. The van der Waals surface area contributed by atoms with Crippen molar-refractivity contribution in [3.8, 4) is 0 Å². The summed E-state index contributed by atoms with van der Waals surface area (Å²) in [5, 5.41) is 23.0. The molecule has 1 aliphatic rings. The fourth-order valence-corrected chi connectivity index (χ4v) is 7.22. The molecule has 1 fully saturated rings. The molecule has 1 aromatic heterocycles. The molecular formula is C34H30N4O3S2. The van der Waals surface area contributed by atoms with Gasteiger partial charge in [-0.05, 0) is 59.5 Å². The van der Waals surface area contributed by atoms with Crippen molar-refractivity contribution in [1.29, 1.82) is 0 Å². The number of hydrogen-bond donors (Lipinski definition) is 1. The summed E-state index contributed by atoms with van der Waals surface area (Å²) in [6, 6.07) is 26.9. The van der Waals surface area contributed by atoms with E-state index >= 15 is 0 Å². The Morgan fingerprint density at radius 3 is 2.47 bits per heavy atom. The van der Waals surface area contributed by atoms with E-state index in [2.05, 4.69) is 34.5 Å². The molecule has 0 bridgehead atoms. The summed E-state index contributed by atoms with van der Waals surface area (Å²) in [5.74, 6) is -1.01. The molecule has 1 amide bonds. The number of aliphatic hydroxyl groups excluding tert-OH is 1. The lowest BCUT2D eigenvalue weighted by molar-refractivity contribution is -0.132. The second kappa shape index (κ2) is 11.7. The molecule has 0 spiro atoms. The average Bonchev–Trinajstić information content (AvgIpc) is 3.58. The number of ketones is 1. The predicted octanol–water partition coefficient (Wildman–Crippen LogP) is 7.29. The van der Waals surface area contributed by atoms with Gasteiger partial charge in [0.2, 0.25) is 5.13 Å². The first-order valence-corrected chi connectivity index (χ1v) is 15.6. The fraction of sp³-hybridized carbons (Fsp3) is 0.176. The maximum atomic E-state index is 13.7. The van der Waals surface area contributed by atoms with Gasteiger partial charge in [-0.2, -0.15) is 0 Å². The monoisotopic (exact) mass is 606 g/mol. The second-order valence-corrected chi connectivity index (χ2v) is 12.9. The highest BCUT2D eigenvalue weighted by atomic mass is 32.2. The number of aromatic nitrogens is 2. The minimum absolute atomic E-state index is 0.0384. The van der Waals surface area contributed by atoms with E-state index in [0.717, 1.165) is 16.8 Å². The summed E-state index contributed by atoms with van der Waals surface area (Å²) in [6.45, 7) is 3.79. The zero-order valence-electron chi connectivity index (χ0n) is 24.2. The predicted molar refractivity (Wildman–Crippen MR) is 175 cm³/mol. The number of fused-ring (bicyclic) bond motifs is 1. The minimum Gasteiger partial charge on any atom is -0.507 e. The fourth-order valence-electron chi connectivity index (χ4n) is 5.35. The normalized spacial score (nSPS) is 16.3. The molecule has 1 aliphatic heterocycles. The van der Waals surface area contributed by atoms with Gasteiger partial charge in [0.1, 0.15) is 5.76 Å². The molecular weight excluding hydrogens is 577 g/mol. The third-order valence-electron chi connectivity index (χ3n) is 7.65. The van der Waals surface area contributed by atoms with Crippen LogP contribution >= 0.6 is 23.1 Å². The van der Waals surface area contributed by atoms with Crippen LogP contribution in [0.2, 0.25) is 0 Å². The van der Waals surface area contributed by atoms with Gasteiger partial charge in [-0.3, -0.25) is 14.5 Å². The van der Waals surface area contributed by atoms with Gasteiger partial charge in [-0.25, -0.2) is 0 Å². The largest absolute Gasteiger partial charge is 0.507 e. The molecule has 6 rings (SSSR count). The van der Waals surface area contributed by atoms with Crippen LogP contribution in [0.25, 0.3) is 16.5 Å². The SMILES string of the molecule is Cc1ccc(C)c(/C(O)=C2\C(=O)C(=O)N(c3nnc(SCc4cccc5ccccc45)s3)C2c2ccc(N(C)C)cc2)c1. The Kier molecular flexibility index (Phi) is 7.77. The van der Waals surface area contributed by atoms with Gasteiger partial charge >= 0.3 is 5.91 Å². The van der Waals surface area contributed by atoms with E-state index in [-0.39, 0.29) is 11.3 Å². The molecule has 0 radical (unpaired) electrons. The minimum atomic E-state index is -0.861. The highest BCUT2D eigenvalue weighted by Crippen LogP contribution is 2.44. The van der Waals surface area contributed by atoms with Crippen LogP contribution in [0, 0.1) is 13.8 Å². The third-order valence-corrected chi connectivity index (χ3v) is 9.76. The van der Waals surface area contributed by atoms with Crippen LogP contribution in [-0.2, 0) is 15.3 Å². The molecule has 4 aromatic carbocycles. The Balaban J connectivity index is 1.39.